The summed E-state index contributed by atoms with van der Waals surface area (Å²) < 4.78 is 25.1. The maximum atomic E-state index is 12.4. The van der Waals surface area contributed by atoms with Crippen LogP contribution in [0.5, 0.6) is 0 Å². The van der Waals surface area contributed by atoms with Crippen molar-refractivity contribution in [3.8, 4) is 0 Å². The molecule has 1 aliphatic rings. The van der Waals surface area contributed by atoms with Crippen LogP contribution in [0.4, 0.5) is 0 Å². The Labute approximate surface area is 114 Å². The van der Waals surface area contributed by atoms with Crippen LogP contribution in [-0.4, -0.2) is 41.2 Å². The van der Waals surface area contributed by atoms with Gasteiger partial charge in [0.2, 0.25) is 0 Å². The van der Waals surface area contributed by atoms with Gasteiger partial charge in [-0.3, -0.25) is 9.59 Å². The average molecular weight is 297 g/mol. The number of hydrogen-bond donors (Lipinski definition) is 2. The summed E-state index contributed by atoms with van der Waals surface area (Å²) in [6, 6.07) is 5.55. The molecule has 7 nitrogen and oxygen atoms in total. The van der Waals surface area contributed by atoms with E-state index >= 15 is 0 Å². The molecule has 1 aromatic rings. The van der Waals surface area contributed by atoms with Crippen LogP contribution in [0.3, 0.4) is 0 Å². The Hall–Kier alpha value is -2.35. The number of rotatable bonds is 3. The number of ketones is 1. The molecule has 106 valence electrons. The van der Waals surface area contributed by atoms with E-state index in [4.69, 9.17) is 5.11 Å². The van der Waals surface area contributed by atoms with Gasteiger partial charge in [0.1, 0.15) is 12.2 Å². The van der Waals surface area contributed by atoms with Crippen molar-refractivity contribution in [2.75, 3.05) is 6.54 Å². The Balaban J connectivity index is 2.80. The predicted octanol–water partition coefficient (Wildman–Crippen LogP) is 0.591. The van der Waals surface area contributed by atoms with E-state index in [0.29, 0.717) is 4.31 Å². The zero-order valence-corrected chi connectivity index (χ0v) is 11.2. The molecule has 0 fully saturated rings. The smallest absolute Gasteiger partial charge is 0.324 e. The maximum absolute atomic E-state index is 12.4. The van der Waals surface area contributed by atoms with Crippen LogP contribution in [0, 0.1) is 0 Å². The standard InChI is InChI=1S/C12H11NO6S/c1-7(14)11-12(17)8-4-2-3-5-9(8)20(18,19)13(11)6-10(15)16/h2-5,17H,6H2,1H3,(H,15,16). The number of nitrogens with zero attached hydrogens (tertiary/aromatic N) is 1. The van der Waals surface area contributed by atoms with Crippen LogP contribution in [0.15, 0.2) is 34.9 Å². The fourth-order valence-electron chi connectivity index (χ4n) is 2.00. The first-order valence-corrected chi connectivity index (χ1v) is 6.99. The lowest BCUT2D eigenvalue weighted by atomic mass is 10.1. The van der Waals surface area contributed by atoms with Crippen molar-refractivity contribution < 1.29 is 28.2 Å². The van der Waals surface area contributed by atoms with Gasteiger partial charge >= 0.3 is 5.97 Å². The molecule has 0 aromatic heterocycles. The highest BCUT2D eigenvalue weighted by Gasteiger charge is 2.39. The van der Waals surface area contributed by atoms with Crippen LogP contribution in [-0.2, 0) is 19.6 Å². The molecular formula is C12H11NO6S. The van der Waals surface area contributed by atoms with Gasteiger partial charge in [0.05, 0.1) is 4.90 Å². The van der Waals surface area contributed by atoms with Gasteiger partial charge in [0, 0.05) is 12.5 Å². The number of aliphatic carboxylic acids is 1. The molecule has 1 heterocycles. The fourth-order valence-corrected chi connectivity index (χ4v) is 3.67. The van der Waals surface area contributed by atoms with Crippen molar-refractivity contribution in [1.29, 1.82) is 0 Å². The molecule has 8 heteroatoms. The van der Waals surface area contributed by atoms with Crippen molar-refractivity contribution in [1.82, 2.24) is 4.31 Å². The lowest BCUT2D eigenvalue weighted by Crippen LogP contribution is -2.40. The minimum Gasteiger partial charge on any atom is -0.505 e. The SMILES string of the molecule is CC(=O)C1=C(O)c2ccccc2S(=O)(=O)N1CC(=O)O. The molecule has 2 rings (SSSR count). The second-order valence-corrected chi connectivity index (χ2v) is 5.99. The zero-order chi connectivity index (χ0) is 15.1. The summed E-state index contributed by atoms with van der Waals surface area (Å²) in [5.41, 5.74) is -0.551. The van der Waals surface area contributed by atoms with Gasteiger partial charge in [-0.25, -0.2) is 12.7 Å². The molecule has 0 amide bonds. The van der Waals surface area contributed by atoms with Crippen molar-refractivity contribution in [3.63, 3.8) is 0 Å². The van der Waals surface area contributed by atoms with Crippen LogP contribution in [0.1, 0.15) is 12.5 Å². The van der Waals surface area contributed by atoms with E-state index in [1.54, 1.807) is 0 Å². The number of fused-ring (bicyclic) bond motifs is 1. The van der Waals surface area contributed by atoms with Gasteiger partial charge in [0.25, 0.3) is 10.0 Å². The van der Waals surface area contributed by atoms with Crippen molar-refractivity contribution in [2.45, 2.75) is 11.8 Å². The highest BCUT2D eigenvalue weighted by molar-refractivity contribution is 7.89. The molecule has 20 heavy (non-hydrogen) atoms. The summed E-state index contributed by atoms with van der Waals surface area (Å²) in [4.78, 5) is 22.2. The molecule has 0 radical (unpaired) electrons. The minimum atomic E-state index is -4.19. The highest BCUT2D eigenvalue weighted by atomic mass is 32.2. The first kappa shape index (κ1) is 14.1. The van der Waals surface area contributed by atoms with Crippen LogP contribution >= 0.6 is 0 Å². The number of Topliss-reactive ketones (excluding diaryl/α,β-unsaturated/α-hetero) is 1. The predicted molar refractivity (Wildman–Crippen MR) is 68.2 cm³/mol. The fraction of sp³-hybridized carbons (Fsp3) is 0.167. The number of allylic oxidation sites excluding steroid dienone is 1. The number of aliphatic hydroxyl groups excluding tert-OH is 1. The molecule has 0 unspecified atom stereocenters. The van der Waals surface area contributed by atoms with E-state index in [2.05, 4.69) is 0 Å². The van der Waals surface area contributed by atoms with E-state index < -0.39 is 39.8 Å². The van der Waals surface area contributed by atoms with Gasteiger partial charge in [-0.05, 0) is 12.1 Å². The maximum Gasteiger partial charge on any atom is 0.324 e. The number of carboxylic acid groups (broad SMARTS) is 1. The summed E-state index contributed by atoms with van der Waals surface area (Å²) in [7, 11) is -4.19. The first-order chi connectivity index (χ1) is 9.26. The second kappa shape index (κ2) is 4.64. The molecule has 0 saturated carbocycles. The van der Waals surface area contributed by atoms with Gasteiger partial charge in [0.15, 0.2) is 11.5 Å². The van der Waals surface area contributed by atoms with Crippen LogP contribution < -0.4 is 0 Å². The zero-order valence-electron chi connectivity index (χ0n) is 10.4. The van der Waals surface area contributed by atoms with Crippen molar-refractivity contribution in [3.05, 3.63) is 35.5 Å². The molecule has 0 atom stereocenters. The monoisotopic (exact) mass is 297 g/mol. The molecule has 2 N–H and O–H groups in total. The van der Waals surface area contributed by atoms with E-state index in [9.17, 15) is 23.1 Å². The third-order valence-electron chi connectivity index (χ3n) is 2.80. The Bertz CT molecular complexity index is 734. The Morgan fingerprint density at radius 3 is 2.40 bits per heavy atom. The number of hydrogen-bond acceptors (Lipinski definition) is 5. The second-order valence-electron chi connectivity index (χ2n) is 4.15. The normalized spacial score (nSPS) is 16.8. The summed E-state index contributed by atoms with van der Waals surface area (Å²) in [5.74, 6) is -2.70. The van der Waals surface area contributed by atoms with Crippen molar-refractivity contribution >= 4 is 27.5 Å². The molecule has 1 aliphatic heterocycles. The molecule has 0 saturated heterocycles. The first-order valence-electron chi connectivity index (χ1n) is 5.55. The van der Waals surface area contributed by atoms with Gasteiger partial charge in [-0.15, -0.1) is 0 Å². The van der Waals surface area contributed by atoms with Gasteiger partial charge < -0.3 is 10.2 Å². The number of aliphatic hydroxyl groups is 1. The lowest BCUT2D eigenvalue weighted by molar-refractivity contribution is -0.137. The molecule has 0 bridgehead atoms. The third-order valence-corrected chi connectivity index (χ3v) is 4.60. The van der Waals surface area contributed by atoms with E-state index in [0.717, 1.165) is 6.92 Å². The number of sulfonamides is 1. The summed E-state index contributed by atoms with van der Waals surface area (Å²) in [5, 5.41) is 18.9. The Kier molecular flexibility index (Phi) is 3.26. The number of carboxylic acids is 1. The van der Waals surface area contributed by atoms with E-state index in [1.807, 2.05) is 0 Å². The quantitative estimate of drug-likeness (QED) is 0.844. The topological polar surface area (TPSA) is 112 Å². The van der Waals surface area contributed by atoms with Gasteiger partial charge in [-0.2, -0.15) is 0 Å². The number of carbonyl (C=O) groups is 2. The largest absolute Gasteiger partial charge is 0.505 e. The molecule has 0 aliphatic carbocycles. The van der Waals surface area contributed by atoms with Crippen molar-refractivity contribution in [2.24, 2.45) is 0 Å². The Morgan fingerprint density at radius 1 is 1.25 bits per heavy atom. The third kappa shape index (κ3) is 2.03. The lowest BCUT2D eigenvalue weighted by Gasteiger charge is -2.29. The summed E-state index contributed by atoms with van der Waals surface area (Å²) in [6.07, 6.45) is 0. The van der Waals surface area contributed by atoms with E-state index in [1.165, 1.54) is 24.3 Å². The minimum absolute atomic E-state index is 0.0145. The van der Waals surface area contributed by atoms with Crippen LogP contribution in [0.2, 0.25) is 0 Å². The van der Waals surface area contributed by atoms with Crippen LogP contribution in [0.25, 0.3) is 5.76 Å². The summed E-state index contributed by atoms with van der Waals surface area (Å²) in [6.45, 7) is 0.125. The van der Waals surface area contributed by atoms with E-state index in [-0.39, 0.29) is 10.5 Å². The number of carbonyl (C=O) groups excluding carboxylic acids is 1. The molecule has 1 aromatic carbocycles. The van der Waals surface area contributed by atoms with Gasteiger partial charge in [-0.1, -0.05) is 12.1 Å². The average Bonchev–Trinajstić information content (AvgIpc) is 2.35. The Morgan fingerprint density at radius 2 is 1.85 bits per heavy atom. The highest BCUT2D eigenvalue weighted by Crippen LogP contribution is 2.35. The summed E-state index contributed by atoms with van der Waals surface area (Å²) >= 11 is 0. The molecular weight excluding hydrogens is 286 g/mol. The number of benzene rings is 1. The molecule has 0 spiro atoms.